The molecule has 1 saturated heterocycles. The summed E-state index contributed by atoms with van der Waals surface area (Å²) in [5.74, 6) is 0.322. The molecule has 7 heteroatoms. The molecular weight excluding hydrogens is 200 g/mol. The minimum absolute atomic E-state index is 0.147. The Balaban J connectivity index is 2.34. The van der Waals surface area contributed by atoms with Gasteiger partial charge in [-0.1, -0.05) is 0 Å². The van der Waals surface area contributed by atoms with Crippen molar-refractivity contribution in [2.75, 3.05) is 18.0 Å². The first-order chi connectivity index (χ1) is 7.09. The van der Waals surface area contributed by atoms with E-state index in [0.29, 0.717) is 25.3 Å². The van der Waals surface area contributed by atoms with E-state index < -0.39 is 11.0 Å². The maximum Gasteiger partial charge on any atom is 0.406 e. The summed E-state index contributed by atoms with van der Waals surface area (Å²) in [5, 5.41) is 20.1. The summed E-state index contributed by atoms with van der Waals surface area (Å²) < 4.78 is 1.61. The lowest BCUT2D eigenvalue weighted by Gasteiger charge is -2.16. The maximum atomic E-state index is 10.7. The number of nitrogens with zero attached hydrogens (tertiary/aromatic N) is 4. The molecule has 2 heterocycles. The van der Waals surface area contributed by atoms with Crippen LogP contribution < -0.4 is 4.90 Å². The molecule has 0 aromatic carbocycles. The van der Waals surface area contributed by atoms with E-state index in [9.17, 15) is 15.2 Å². The zero-order chi connectivity index (χ0) is 11.0. The van der Waals surface area contributed by atoms with E-state index in [1.165, 1.54) is 6.33 Å². The normalized spacial score (nSPS) is 20.9. The number of β-amino-alcohol motifs (C(OH)–C–C–N with tert-alkyl or cyclic N) is 1. The lowest BCUT2D eigenvalue weighted by atomic mass is 10.3. The van der Waals surface area contributed by atoms with Crippen LogP contribution in [0.2, 0.25) is 0 Å². The summed E-state index contributed by atoms with van der Waals surface area (Å²) in [6.07, 6.45) is 1.65. The third-order valence-corrected chi connectivity index (χ3v) is 2.52. The van der Waals surface area contributed by atoms with E-state index in [1.807, 2.05) is 0 Å². The highest BCUT2D eigenvalue weighted by Crippen LogP contribution is 2.28. The van der Waals surface area contributed by atoms with Gasteiger partial charge in [-0.25, -0.2) is 0 Å². The summed E-state index contributed by atoms with van der Waals surface area (Å²) >= 11 is 0. The average molecular weight is 212 g/mol. The van der Waals surface area contributed by atoms with Crippen LogP contribution in [0.5, 0.6) is 0 Å². The van der Waals surface area contributed by atoms with Gasteiger partial charge in [-0.2, -0.15) is 0 Å². The van der Waals surface area contributed by atoms with Gasteiger partial charge in [0.15, 0.2) is 0 Å². The number of rotatable bonds is 2. The van der Waals surface area contributed by atoms with Gasteiger partial charge in [-0.15, -0.1) is 0 Å². The largest absolute Gasteiger partial charge is 0.406 e. The number of anilines is 1. The fourth-order valence-electron chi connectivity index (χ4n) is 1.84. The number of aryl methyl sites for hydroxylation is 1. The molecule has 0 bridgehead atoms. The molecule has 1 atom stereocenters. The first-order valence-electron chi connectivity index (χ1n) is 4.68. The highest BCUT2D eigenvalue weighted by atomic mass is 16.6. The van der Waals surface area contributed by atoms with Gasteiger partial charge in [0.05, 0.1) is 6.10 Å². The van der Waals surface area contributed by atoms with E-state index in [2.05, 4.69) is 4.98 Å². The standard InChI is InChI=1S/C8H12N4O3/c1-10-5-9-7(12(14)15)8(10)11-3-2-6(13)4-11/h5-6,13H,2-4H2,1H3. The van der Waals surface area contributed by atoms with E-state index in [1.54, 1.807) is 16.5 Å². The van der Waals surface area contributed by atoms with Gasteiger partial charge in [-0.05, 0) is 16.3 Å². The lowest BCUT2D eigenvalue weighted by molar-refractivity contribution is -0.388. The zero-order valence-corrected chi connectivity index (χ0v) is 8.33. The second kappa shape index (κ2) is 3.50. The number of hydrogen-bond acceptors (Lipinski definition) is 5. The van der Waals surface area contributed by atoms with Crippen molar-refractivity contribution >= 4 is 11.6 Å². The molecule has 1 unspecified atom stereocenters. The first kappa shape index (κ1) is 9.91. The SMILES string of the molecule is Cn1cnc([N+](=O)[O-])c1N1CCC(O)C1. The molecule has 0 amide bonds. The average Bonchev–Trinajstić information content (AvgIpc) is 2.71. The monoisotopic (exact) mass is 212 g/mol. The fourth-order valence-corrected chi connectivity index (χ4v) is 1.84. The Labute approximate surface area is 86.1 Å². The molecule has 15 heavy (non-hydrogen) atoms. The van der Waals surface area contributed by atoms with Crippen LogP contribution in [0.1, 0.15) is 6.42 Å². The molecule has 1 aromatic rings. The Hall–Kier alpha value is -1.63. The minimum Gasteiger partial charge on any atom is -0.391 e. The van der Waals surface area contributed by atoms with Crippen LogP contribution in [0.4, 0.5) is 11.6 Å². The molecule has 82 valence electrons. The van der Waals surface area contributed by atoms with Crippen molar-refractivity contribution in [1.29, 1.82) is 0 Å². The molecule has 0 saturated carbocycles. The number of nitro groups is 1. The van der Waals surface area contributed by atoms with E-state index in [4.69, 9.17) is 0 Å². The van der Waals surface area contributed by atoms with Crippen molar-refractivity contribution in [2.45, 2.75) is 12.5 Å². The van der Waals surface area contributed by atoms with Crippen molar-refractivity contribution in [3.05, 3.63) is 16.4 Å². The zero-order valence-electron chi connectivity index (χ0n) is 8.33. The van der Waals surface area contributed by atoms with Crippen molar-refractivity contribution < 1.29 is 10.0 Å². The Morgan fingerprint density at radius 3 is 3.00 bits per heavy atom. The molecule has 1 N–H and O–H groups in total. The Bertz CT molecular complexity index is 389. The molecule has 0 radical (unpaired) electrons. The highest BCUT2D eigenvalue weighted by molar-refractivity contribution is 5.55. The quantitative estimate of drug-likeness (QED) is 0.546. The summed E-state index contributed by atoms with van der Waals surface area (Å²) in [4.78, 5) is 15.7. The van der Waals surface area contributed by atoms with Crippen LogP contribution in [0.3, 0.4) is 0 Å². The number of imidazole rings is 1. The molecule has 0 spiro atoms. The molecule has 1 aromatic heterocycles. The van der Waals surface area contributed by atoms with Gasteiger partial charge in [-0.3, -0.25) is 4.57 Å². The van der Waals surface area contributed by atoms with Crippen LogP contribution >= 0.6 is 0 Å². The van der Waals surface area contributed by atoms with E-state index >= 15 is 0 Å². The van der Waals surface area contributed by atoms with Gasteiger partial charge < -0.3 is 20.1 Å². The molecule has 7 nitrogen and oxygen atoms in total. The summed E-state index contributed by atoms with van der Waals surface area (Å²) in [6, 6.07) is 0. The Morgan fingerprint density at radius 1 is 1.73 bits per heavy atom. The highest BCUT2D eigenvalue weighted by Gasteiger charge is 2.30. The summed E-state index contributed by atoms with van der Waals surface area (Å²) in [7, 11) is 1.71. The van der Waals surface area contributed by atoms with Gasteiger partial charge >= 0.3 is 5.82 Å². The van der Waals surface area contributed by atoms with E-state index in [0.717, 1.165) is 0 Å². The Kier molecular flexibility index (Phi) is 2.31. The smallest absolute Gasteiger partial charge is 0.391 e. The predicted octanol–water partition coefficient (Wildman–Crippen LogP) is -0.101. The molecule has 1 aliphatic heterocycles. The van der Waals surface area contributed by atoms with Gasteiger partial charge in [0.2, 0.25) is 12.1 Å². The topological polar surface area (TPSA) is 84.4 Å². The van der Waals surface area contributed by atoms with E-state index in [-0.39, 0.29) is 5.82 Å². The van der Waals surface area contributed by atoms with Crippen LogP contribution in [-0.4, -0.2) is 38.8 Å². The molecule has 1 aliphatic rings. The van der Waals surface area contributed by atoms with Crippen molar-refractivity contribution in [2.24, 2.45) is 7.05 Å². The Morgan fingerprint density at radius 2 is 2.47 bits per heavy atom. The minimum atomic E-state index is -0.500. The number of aliphatic hydroxyl groups excluding tert-OH is 1. The summed E-state index contributed by atoms with van der Waals surface area (Å²) in [6.45, 7) is 1.06. The van der Waals surface area contributed by atoms with Crippen LogP contribution in [0.25, 0.3) is 0 Å². The number of aliphatic hydroxyl groups is 1. The fraction of sp³-hybridized carbons (Fsp3) is 0.625. The lowest BCUT2D eigenvalue weighted by Crippen LogP contribution is -2.24. The van der Waals surface area contributed by atoms with Crippen molar-refractivity contribution in [3.63, 3.8) is 0 Å². The van der Waals surface area contributed by atoms with Crippen molar-refractivity contribution in [1.82, 2.24) is 9.55 Å². The van der Waals surface area contributed by atoms with Crippen LogP contribution in [-0.2, 0) is 7.05 Å². The van der Waals surface area contributed by atoms with Gasteiger partial charge in [0, 0.05) is 20.1 Å². The molecular formula is C8H12N4O3. The van der Waals surface area contributed by atoms with Gasteiger partial charge in [0.1, 0.15) is 0 Å². The van der Waals surface area contributed by atoms with Crippen molar-refractivity contribution in [3.8, 4) is 0 Å². The number of aromatic nitrogens is 2. The third kappa shape index (κ3) is 1.65. The number of hydrogen-bond donors (Lipinski definition) is 1. The molecule has 2 rings (SSSR count). The van der Waals surface area contributed by atoms with Crippen LogP contribution in [0.15, 0.2) is 6.33 Å². The third-order valence-electron chi connectivity index (χ3n) is 2.52. The summed E-state index contributed by atoms with van der Waals surface area (Å²) in [5.41, 5.74) is 0. The first-order valence-corrected chi connectivity index (χ1v) is 4.68. The second-order valence-electron chi connectivity index (χ2n) is 3.65. The molecule has 0 aliphatic carbocycles. The van der Waals surface area contributed by atoms with Crippen LogP contribution in [0, 0.1) is 10.1 Å². The predicted molar refractivity (Wildman–Crippen MR) is 52.7 cm³/mol. The maximum absolute atomic E-state index is 10.7. The molecule has 1 fully saturated rings. The van der Waals surface area contributed by atoms with Gasteiger partial charge in [0.25, 0.3) is 0 Å². The second-order valence-corrected chi connectivity index (χ2v) is 3.65.